The Kier molecular flexibility index (Phi) is 6.89. The Morgan fingerprint density at radius 3 is 2.12 bits per heavy atom. The molecule has 0 amide bonds. The fourth-order valence-corrected chi connectivity index (χ4v) is 4.31. The zero-order chi connectivity index (χ0) is 23.5. The Balaban J connectivity index is 1.88. The molecule has 0 saturated carbocycles. The van der Waals surface area contributed by atoms with E-state index < -0.39 is 16.0 Å². The molecule has 0 aliphatic rings. The Bertz CT molecular complexity index is 1200. The molecule has 0 aliphatic heterocycles. The molecule has 0 spiro atoms. The zero-order valence-corrected chi connectivity index (χ0v) is 19.4. The summed E-state index contributed by atoms with van der Waals surface area (Å²) >= 11 is 0. The Morgan fingerprint density at radius 2 is 1.62 bits per heavy atom. The highest BCUT2D eigenvalue weighted by Crippen LogP contribution is 2.30. The lowest BCUT2D eigenvalue weighted by Gasteiger charge is -2.24. The molecule has 32 heavy (non-hydrogen) atoms. The average Bonchev–Trinajstić information content (AvgIpc) is 2.72. The fourth-order valence-electron chi connectivity index (χ4n) is 3.43. The van der Waals surface area contributed by atoms with Crippen LogP contribution in [0.1, 0.15) is 35.3 Å². The summed E-state index contributed by atoms with van der Waals surface area (Å²) < 4.78 is 32.1. The lowest BCUT2D eigenvalue weighted by molar-refractivity contribution is 0.0697. The standard InChI is InChI=1S/C25H27NO5S/c1-17(2)31-23-12-9-20(10-13-23)24-14-11-22(15-18(24)3)26(32(4,29)30)16-19-5-7-21(8-6-19)25(27)28/h5-15,17H,16H2,1-4H3,(H,27,28). The quantitative estimate of drug-likeness (QED) is 0.512. The van der Waals surface area contributed by atoms with E-state index in [1.807, 2.05) is 57.2 Å². The topological polar surface area (TPSA) is 83.9 Å². The number of ether oxygens (including phenoxy) is 1. The third-order valence-electron chi connectivity index (χ3n) is 4.96. The summed E-state index contributed by atoms with van der Waals surface area (Å²) in [5.74, 6) is -0.221. The Hall–Kier alpha value is -3.32. The molecule has 3 rings (SSSR count). The van der Waals surface area contributed by atoms with Crippen LogP contribution in [0.5, 0.6) is 5.75 Å². The van der Waals surface area contributed by atoms with Crippen molar-refractivity contribution in [3.8, 4) is 16.9 Å². The minimum atomic E-state index is -3.55. The van der Waals surface area contributed by atoms with Crippen molar-refractivity contribution in [1.29, 1.82) is 0 Å². The van der Waals surface area contributed by atoms with Gasteiger partial charge in [0.25, 0.3) is 0 Å². The van der Waals surface area contributed by atoms with Gasteiger partial charge in [0, 0.05) is 0 Å². The highest BCUT2D eigenvalue weighted by atomic mass is 32.2. The predicted octanol–water partition coefficient (Wildman–Crippen LogP) is 5.11. The molecule has 0 aliphatic carbocycles. The number of sulfonamides is 1. The number of carbonyl (C=O) groups is 1. The van der Waals surface area contributed by atoms with Gasteiger partial charge in [-0.05, 0) is 79.4 Å². The summed E-state index contributed by atoms with van der Waals surface area (Å²) in [7, 11) is -3.55. The summed E-state index contributed by atoms with van der Waals surface area (Å²) in [6, 6.07) is 19.6. The molecule has 0 unspecified atom stereocenters. The molecule has 3 aromatic carbocycles. The number of hydrogen-bond donors (Lipinski definition) is 1. The number of aromatic carboxylic acids is 1. The first-order valence-corrected chi connectivity index (χ1v) is 12.1. The molecule has 0 aromatic heterocycles. The van der Waals surface area contributed by atoms with Gasteiger partial charge in [-0.1, -0.05) is 30.3 Å². The molecule has 6 nitrogen and oxygen atoms in total. The van der Waals surface area contributed by atoms with E-state index in [0.29, 0.717) is 11.3 Å². The highest BCUT2D eigenvalue weighted by molar-refractivity contribution is 7.92. The van der Waals surface area contributed by atoms with E-state index in [1.165, 1.54) is 16.4 Å². The van der Waals surface area contributed by atoms with Gasteiger partial charge in [0.1, 0.15) is 5.75 Å². The highest BCUT2D eigenvalue weighted by Gasteiger charge is 2.19. The molecule has 1 N–H and O–H groups in total. The normalized spacial score (nSPS) is 11.4. The van der Waals surface area contributed by atoms with Crippen LogP contribution in [0.2, 0.25) is 0 Å². The molecular weight excluding hydrogens is 426 g/mol. The number of aryl methyl sites for hydroxylation is 1. The van der Waals surface area contributed by atoms with Crippen LogP contribution in [0.4, 0.5) is 5.69 Å². The van der Waals surface area contributed by atoms with Crippen molar-refractivity contribution >= 4 is 21.7 Å². The van der Waals surface area contributed by atoms with Crippen LogP contribution in [0, 0.1) is 6.92 Å². The summed E-state index contributed by atoms with van der Waals surface area (Å²) in [6.45, 7) is 6.01. The van der Waals surface area contributed by atoms with Gasteiger partial charge in [0.2, 0.25) is 10.0 Å². The molecular formula is C25H27NO5S. The minimum absolute atomic E-state index is 0.101. The van der Waals surface area contributed by atoms with Gasteiger partial charge in [-0.2, -0.15) is 0 Å². The van der Waals surface area contributed by atoms with E-state index in [9.17, 15) is 13.2 Å². The average molecular weight is 454 g/mol. The molecule has 3 aromatic rings. The van der Waals surface area contributed by atoms with Crippen molar-refractivity contribution < 1.29 is 23.1 Å². The van der Waals surface area contributed by atoms with Crippen molar-refractivity contribution in [2.75, 3.05) is 10.6 Å². The number of hydrogen-bond acceptors (Lipinski definition) is 4. The van der Waals surface area contributed by atoms with E-state index in [2.05, 4.69) is 0 Å². The fraction of sp³-hybridized carbons (Fsp3) is 0.240. The minimum Gasteiger partial charge on any atom is -0.491 e. The largest absolute Gasteiger partial charge is 0.491 e. The van der Waals surface area contributed by atoms with Crippen LogP contribution in [-0.2, 0) is 16.6 Å². The number of carboxylic acids is 1. The van der Waals surface area contributed by atoms with Crippen LogP contribution in [0.3, 0.4) is 0 Å². The predicted molar refractivity (Wildman–Crippen MR) is 127 cm³/mol. The van der Waals surface area contributed by atoms with Crippen molar-refractivity contribution in [3.63, 3.8) is 0 Å². The molecule has 0 atom stereocenters. The molecule has 0 heterocycles. The first-order valence-electron chi connectivity index (χ1n) is 10.2. The Labute approximate surface area is 189 Å². The van der Waals surface area contributed by atoms with E-state index in [0.717, 1.165) is 28.7 Å². The first-order chi connectivity index (χ1) is 15.0. The van der Waals surface area contributed by atoms with Crippen molar-refractivity contribution in [2.45, 2.75) is 33.4 Å². The Morgan fingerprint density at radius 1 is 1.00 bits per heavy atom. The lowest BCUT2D eigenvalue weighted by atomic mass is 10.00. The van der Waals surface area contributed by atoms with Gasteiger partial charge in [-0.25, -0.2) is 13.2 Å². The maximum Gasteiger partial charge on any atom is 0.335 e. The number of carboxylic acid groups (broad SMARTS) is 1. The van der Waals surface area contributed by atoms with Crippen LogP contribution >= 0.6 is 0 Å². The van der Waals surface area contributed by atoms with Crippen molar-refractivity contribution in [1.82, 2.24) is 0 Å². The van der Waals surface area contributed by atoms with Gasteiger partial charge in [-0.15, -0.1) is 0 Å². The third-order valence-corrected chi connectivity index (χ3v) is 6.10. The second-order valence-corrected chi connectivity index (χ2v) is 9.87. The zero-order valence-electron chi connectivity index (χ0n) is 18.6. The van der Waals surface area contributed by atoms with Gasteiger partial charge in [0.05, 0.1) is 30.2 Å². The first kappa shape index (κ1) is 23.3. The van der Waals surface area contributed by atoms with Gasteiger partial charge >= 0.3 is 5.97 Å². The van der Waals surface area contributed by atoms with E-state index in [4.69, 9.17) is 9.84 Å². The molecule has 0 saturated heterocycles. The second-order valence-electron chi connectivity index (χ2n) is 7.96. The SMILES string of the molecule is Cc1cc(N(Cc2ccc(C(=O)O)cc2)S(C)(=O)=O)ccc1-c1ccc(OC(C)C)cc1. The smallest absolute Gasteiger partial charge is 0.335 e. The summed E-state index contributed by atoms with van der Waals surface area (Å²) in [4.78, 5) is 11.1. The maximum absolute atomic E-state index is 12.5. The number of nitrogens with zero attached hydrogens (tertiary/aromatic N) is 1. The van der Waals surface area contributed by atoms with Crippen LogP contribution in [0.25, 0.3) is 11.1 Å². The summed E-state index contributed by atoms with van der Waals surface area (Å²) in [6.07, 6.45) is 1.26. The van der Waals surface area contributed by atoms with Gasteiger partial charge < -0.3 is 9.84 Å². The molecule has 0 fully saturated rings. The van der Waals surface area contributed by atoms with Crippen LogP contribution in [-0.4, -0.2) is 31.9 Å². The molecule has 0 radical (unpaired) electrons. The molecule has 168 valence electrons. The number of rotatable bonds is 8. The molecule has 0 bridgehead atoms. The maximum atomic E-state index is 12.5. The summed E-state index contributed by atoms with van der Waals surface area (Å²) in [5.41, 5.74) is 4.36. The van der Waals surface area contributed by atoms with E-state index in [-0.39, 0.29) is 18.2 Å². The number of anilines is 1. The van der Waals surface area contributed by atoms with Gasteiger partial charge in [0.15, 0.2) is 0 Å². The van der Waals surface area contributed by atoms with Crippen LogP contribution in [0.15, 0.2) is 66.7 Å². The lowest BCUT2D eigenvalue weighted by Crippen LogP contribution is -2.29. The van der Waals surface area contributed by atoms with Crippen LogP contribution < -0.4 is 9.04 Å². The van der Waals surface area contributed by atoms with E-state index in [1.54, 1.807) is 18.2 Å². The number of benzene rings is 3. The second kappa shape index (κ2) is 9.44. The third kappa shape index (κ3) is 5.68. The molecule has 7 heteroatoms. The van der Waals surface area contributed by atoms with Gasteiger partial charge in [-0.3, -0.25) is 4.31 Å². The van der Waals surface area contributed by atoms with Crippen molar-refractivity contribution in [3.05, 3.63) is 83.4 Å². The van der Waals surface area contributed by atoms with Crippen molar-refractivity contribution in [2.24, 2.45) is 0 Å². The monoisotopic (exact) mass is 453 g/mol. The summed E-state index contributed by atoms with van der Waals surface area (Å²) in [5, 5.41) is 9.06. The van der Waals surface area contributed by atoms with E-state index >= 15 is 0 Å².